The molecule has 1 aromatic rings. The number of hydrogen-bond donors (Lipinski definition) is 2. The Morgan fingerprint density at radius 1 is 1.07 bits per heavy atom. The van der Waals surface area contributed by atoms with Crippen LogP contribution in [0.15, 0.2) is 12.1 Å². The molecule has 1 atom stereocenters. The molecule has 2 nitrogen and oxygen atoms in total. The van der Waals surface area contributed by atoms with Crippen LogP contribution in [0.3, 0.4) is 0 Å². The lowest BCUT2D eigenvalue weighted by molar-refractivity contribution is 0.480. The lowest BCUT2D eigenvalue weighted by Gasteiger charge is -2.12. The lowest BCUT2D eigenvalue weighted by Crippen LogP contribution is -2.14. The minimum atomic E-state index is -1.21. The Labute approximate surface area is 86.1 Å². The Hall–Kier alpha value is -1.07. The quantitative estimate of drug-likeness (QED) is 0.757. The predicted octanol–water partition coefficient (Wildman–Crippen LogP) is 1.84. The number of halogens is 3. The maximum atomic E-state index is 13.2. The first-order valence-electron chi connectivity index (χ1n) is 4.66. The largest absolute Gasteiger partial charge is 0.330 e. The third kappa shape index (κ3) is 2.94. The zero-order chi connectivity index (χ0) is 11.4. The molecular weight excluding hydrogens is 205 g/mol. The van der Waals surface area contributed by atoms with Crippen molar-refractivity contribution < 1.29 is 13.2 Å². The first-order chi connectivity index (χ1) is 7.06. The van der Waals surface area contributed by atoms with Crippen LogP contribution in [0.4, 0.5) is 13.2 Å². The number of rotatable bonds is 4. The van der Waals surface area contributed by atoms with Gasteiger partial charge in [0.25, 0.3) is 0 Å². The normalized spacial score (nSPS) is 12.9. The number of nitrogens with two attached hydrogens (primary N) is 2. The summed E-state index contributed by atoms with van der Waals surface area (Å²) in [6, 6.07) is 0.655. The molecule has 1 rings (SSSR count). The molecule has 0 amide bonds. The van der Waals surface area contributed by atoms with Gasteiger partial charge in [-0.1, -0.05) is 0 Å². The van der Waals surface area contributed by atoms with Crippen molar-refractivity contribution in [3.63, 3.8) is 0 Å². The van der Waals surface area contributed by atoms with Crippen molar-refractivity contribution in [2.45, 2.75) is 18.9 Å². The average molecular weight is 218 g/mol. The van der Waals surface area contributed by atoms with Crippen LogP contribution in [0.1, 0.15) is 24.4 Å². The van der Waals surface area contributed by atoms with Crippen molar-refractivity contribution in [2.24, 2.45) is 11.5 Å². The van der Waals surface area contributed by atoms with Gasteiger partial charge in [0.05, 0.1) is 0 Å². The summed E-state index contributed by atoms with van der Waals surface area (Å²) in [6.45, 7) is 0.430. The smallest absolute Gasteiger partial charge is 0.161 e. The van der Waals surface area contributed by atoms with Crippen LogP contribution in [0, 0.1) is 17.5 Å². The van der Waals surface area contributed by atoms with E-state index in [9.17, 15) is 13.2 Å². The van der Waals surface area contributed by atoms with E-state index in [-0.39, 0.29) is 5.56 Å². The van der Waals surface area contributed by atoms with Gasteiger partial charge in [0.15, 0.2) is 11.6 Å². The van der Waals surface area contributed by atoms with Gasteiger partial charge in [-0.15, -0.1) is 0 Å². The maximum absolute atomic E-state index is 13.2. The Kier molecular flexibility index (Phi) is 4.11. The maximum Gasteiger partial charge on any atom is 0.161 e. The summed E-state index contributed by atoms with van der Waals surface area (Å²) in [5.41, 5.74) is 10.9. The van der Waals surface area contributed by atoms with Gasteiger partial charge in [-0.25, -0.2) is 13.2 Å². The Balaban J connectivity index is 2.88. The molecule has 0 spiro atoms. The molecule has 0 saturated carbocycles. The van der Waals surface area contributed by atoms with Crippen molar-refractivity contribution in [1.82, 2.24) is 0 Å². The molecule has 0 aromatic heterocycles. The summed E-state index contributed by atoms with van der Waals surface area (Å²) >= 11 is 0. The van der Waals surface area contributed by atoms with Gasteiger partial charge in [-0.3, -0.25) is 0 Å². The van der Waals surface area contributed by atoms with Crippen molar-refractivity contribution in [1.29, 1.82) is 0 Å². The first-order valence-corrected chi connectivity index (χ1v) is 4.66. The first kappa shape index (κ1) is 12.0. The standard InChI is InChI=1S/C10H13F3N2/c11-7-5-9(13)8(12)4-6(7)10(15)2-1-3-14/h4-5,10H,1-3,14-15H2/t10-/m1/s1. The second kappa shape index (κ2) is 5.14. The highest BCUT2D eigenvalue weighted by molar-refractivity contribution is 5.23. The second-order valence-corrected chi connectivity index (χ2v) is 3.33. The fraction of sp³-hybridized carbons (Fsp3) is 0.400. The van der Waals surface area contributed by atoms with Crippen LogP contribution < -0.4 is 11.5 Å². The Morgan fingerprint density at radius 2 is 1.67 bits per heavy atom. The topological polar surface area (TPSA) is 52.0 Å². The highest BCUT2D eigenvalue weighted by Crippen LogP contribution is 2.21. The molecule has 0 unspecified atom stereocenters. The summed E-state index contributed by atoms with van der Waals surface area (Å²) in [4.78, 5) is 0. The van der Waals surface area contributed by atoms with Crippen LogP contribution in [0.25, 0.3) is 0 Å². The van der Waals surface area contributed by atoms with Gasteiger partial charge in [-0.2, -0.15) is 0 Å². The van der Waals surface area contributed by atoms with Gasteiger partial charge in [0.1, 0.15) is 5.82 Å². The molecule has 5 heteroatoms. The van der Waals surface area contributed by atoms with Crippen LogP contribution in [0.5, 0.6) is 0 Å². The fourth-order valence-corrected chi connectivity index (χ4v) is 1.32. The van der Waals surface area contributed by atoms with Gasteiger partial charge in [0.2, 0.25) is 0 Å². The van der Waals surface area contributed by atoms with Crippen molar-refractivity contribution in [2.75, 3.05) is 6.54 Å². The summed E-state index contributed by atoms with van der Waals surface area (Å²) in [5, 5.41) is 0. The van der Waals surface area contributed by atoms with E-state index in [1.54, 1.807) is 0 Å². The third-order valence-electron chi connectivity index (χ3n) is 2.16. The van der Waals surface area contributed by atoms with Crippen LogP contribution in [-0.4, -0.2) is 6.54 Å². The Bertz CT molecular complexity index is 342. The van der Waals surface area contributed by atoms with Crippen LogP contribution >= 0.6 is 0 Å². The number of hydrogen-bond acceptors (Lipinski definition) is 2. The van der Waals surface area contributed by atoms with Crippen molar-refractivity contribution in [3.8, 4) is 0 Å². The van der Waals surface area contributed by atoms with Gasteiger partial charge in [-0.05, 0) is 25.5 Å². The molecule has 1 aromatic carbocycles. The number of benzene rings is 1. The Morgan fingerprint density at radius 3 is 2.27 bits per heavy atom. The van der Waals surface area contributed by atoms with E-state index in [1.165, 1.54) is 0 Å². The molecular formula is C10H13F3N2. The van der Waals surface area contributed by atoms with Crippen LogP contribution in [-0.2, 0) is 0 Å². The van der Waals surface area contributed by atoms with Gasteiger partial charge < -0.3 is 11.5 Å². The third-order valence-corrected chi connectivity index (χ3v) is 2.16. The highest BCUT2D eigenvalue weighted by atomic mass is 19.2. The van der Waals surface area contributed by atoms with Gasteiger partial charge in [0, 0.05) is 17.7 Å². The van der Waals surface area contributed by atoms with Crippen molar-refractivity contribution >= 4 is 0 Å². The molecule has 0 bridgehead atoms. The summed E-state index contributed by atoms with van der Waals surface area (Å²) < 4.78 is 38.6. The summed E-state index contributed by atoms with van der Waals surface area (Å²) in [7, 11) is 0. The molecule has 4 N–H and O–H groups in total. The lowest BCUT2D eigenvalue weighted by atomic mass is 10.0. The van der Waals surface area contributed by atoms with E-state index in [0.717, 1.165) is 6.07 Å². The summed E-state index contributed by atoms with van der Waals surface area (Å²) in [5.74, 6) is -3.12. The average Bonchev–Trinajstić information content (AvgIpc) is 2.20. The van der Waals surface area contributed by atoms with E-state index in [4.69, 9.17) is 11.5 Å². The zero-order valence-corrected chi connectivity index (χ0v) is 8.14. The molecule has 0 aliphatic carbocycles. The van der Waals surface area contributed by atoms with E-state index >= 15 is 0 Å². The van der Waals surface area contributed by atoms with E-state index < -0.39 is 23.5 Å². The molecule has 15 heavy (non-hydrogen) atoms. The molecule has 84 valence electrons. The monoisotopic (exact) mass is 218 g/mol. The summed E-state index contributed by atoms with van der Waals surface area (Å²) in [6.07, 6.45) is 1.05. The van der Waals surface area contributed by atoms with E-state index in [1.807, 2.05) is 0 Å². The second-order valence-electron chi connectivity index (χ2n) is 3.33. The van der Waals surface area contributed by atoms with E-state index in [0.29, 0.717) is 25.5 Å². The molecule has 0 saturated heterocycles. The molecule has 0 radical (unpaired) electrons. The highest BCUT2D eigenvalue weighted by Gasteiger charge is 2.15. The van der Waals surface area contributed by atoms with E-state index in [2.05, 4.69) is 0 Å². The minimum absolute atomic E-state index is 0.0117. The van der Waals surface area contributed by atoms with Gasteiger partial charge >= 0.3 is 0 Å². The molecule has 0 aliphatic rings. The molecule has 0 fully saturated rings. The zero-order valence-electron chi connectivity index (χ0n) is 8.14. The van der Waals surface area contributed by atoms with Crippen LogP contribution in [0.2, 0.25) is 0 Å². The SMILES string of the molecule is NCCC[C@@H](N)c1cc(F)c(F)cc1F. The minimum Gasteiger partial charge on any atom is -0.330 e. The molecule has 0 heterocycles. The predicted molar refractivity (Wildman–Crippen MR) is 51.5 cm³/mol. The molecule has 0 aliphatic heterocycles. The van der Waals surface area contributed by atoms with Crippen molar-refractivity contribution in [3.05, 3.63) is 35.1 Å². The fourth-order valence-electron chi connectivity index (χ4n) is 1.32.